The van der Waals surface area contributed by atoms with E-state index in [0.717, 1.165) is 5.69 Å². The molecule has 0 saturated carbocycles. The third kappa shape index (κ3) is 4.75. The highest BCUT2D eigenvalue weighted by molar-refractivity contribution is 5.94. The van der Waals surface area contributed by atoms with Crippen molar-refractivity contribution >= 4 is 17.5 Å². The number of amides is 2. The van der Waals surface area contributed by atoms with Gasteiger partial charge in [0, 0.05) is 55.5 Å². The number of halogens is 1. The molecule has 0 aliphatic carbocycles. The molecule has 154 valence electrons. The predicted octanol–water partition coefficient (Wildman–Crippen LogP) is 3.01. The molecule has 2 amide bonds. The number of nitrogens with one attached hydrogen (secondary N) is 1. The van der Waals surface area contributed by atoms with E-state index < -0.39 is 0 Å². The Labute approximate surface area is 174 Å². The molecule has 2 heterocycles. The molecule has 7 heteroatoms. The molecular weight excluding hydrogens is 383 g/mol. The van der Waals surface area contributed by atoms with Crippen molar-refractivity contribution in [3.8, 4) is 5.69 Å². The first kappa shape index (κ1) is 19.8. The van der Waals surface area contributed by atoms with Crippen LogP contribution >= 0.6 is 0 Å². The minimum atomic E-state index is -0.340. The Balaban J connectivity index is 1.27. The SMILES string of the molecule is O=C(CN1CCN(C(=O)c2ccc(-n3cccc3)cc2)CC1)Nc1ccc(F)cc1. The van der Waals surface area contributed by atoms with E-state index in [4.69, 9.17) is 0 Å². The van der Waals surface area contributed by atoms with Gasteiger partial charge in [-0.15, -0.1) is 0 Å². The van der Waals surface area contributed by atoms with Crippen LogP contribution in [0.25, 0.3) is 5.69 Å². The van der Waals surface area contributed by atoms with Crippen molar-refractivity contribution in [1.29, 1.82) is 0 Å². The zero-order valence-corrected chi connectivity index (χ0v) is 16.5. The molecule has 1 fully saturated rings. The molecule has 0 radical (unpaired) electrons. The highest BCUT2D eigenvalue weighted by Crippen LogP contribution is 2.14. The van der Waals surface area contributed by atoms with Crippen molar-refractivity contribution in [2.45, 2.75) is 0 Å². The molecule has 4 rings (SSSR count). The lowest BCUT2D eigenvalue weighted by Crippen LogP contribution is -2.50. The van der Waals surface area contributed by atoms with Gasteiger partial charge in [-0.25, -0.2) is 4.39 Å². The first-order valence-corrected chi connectivity index (χ1v) is 9.89. The average molecular weight is 406 g/mol. The third-order valence-electron chi connectivity index (χ3n) is 5.17. The van der Waals surface area contributed by atoms with Crippen LogP contribution in [0.4, 0.5) is 10.1 Å². The second-order valence-corrected chi connectivity index (χ2v) is 7.26. The third-order valence-corrected chi connectivity index (χ3v) is 5.17. The fourth-order valence-electron chi connectivity index (χ4n) is 3.51. The fraction of sp³-hybridized carbons (Fsp3) is 0.217. The Morgan fingerprint density at radius 2 is 1.50 bits per heavy atom. The smallest absolute Gasteiger partial charge is 0.253 e. The van der Waals surface area contributed by atoms with Gasteiger partial charge in [0.25, 0.3) is 5.91 Å². The van der Waals surface area contributed by atoms with Crippen molar-refractivity contribution in [2.24, 2.45) is 0 Å². The minimum absolute atomic E-state index is 0.00414. The van der Waals surface area contributed by atoms with Crippen LogP contribution in [0.2, 0.25) is 0 Å². The lowest BCUT2D eigenvalue weighted by molar-refractivity contribution is -0.117. The number of aromatic nitrogens is 1. The summed E-state index contributed by atoms with van der Waals surface area (Å²) in [5, 5.41) is 2.76. The Morgan fingerprint density at radius 1 is 0.867 bits per heavy atom. The minimum Gasteiger partial charge on any atom is -0.336 e. The molecule has 30 heavy (non-hydrogen) atoms. The topological polar surface area (TPSA) is 57.6 Å². The van der Waals surface area contributed by atoms with Crippen molar-refractivity contribution < 1.29 is 14.0 Å². The molecule has 0 spiro atoms. The van der Waals surface area contributed by atoms with Crippen LogP contribution in [-0.2, 0) is 4.79 Å². The molecule has 1 N–H and O–H groups in total. The number of carbonyl (C=O) groups is 2. The molecule has 0 atom stereocenters. The van der Waals surface area contributed by atoms with Crippen molar-refractivity contribution in [1.82, 2.24) is 14.4 Å². The molecule has 2 aromatic carbocycles. The summed E-state index contributed by atoms with van der Waals surface area (Å²) >= 11 is 0. The monoisotopic (exact) mass is 406 g/mol. The highest BCUT2D eigenvalue weighted by Gasteiger charge is 2.23. The summed E-state index contributed by atoms with van der Waals surface area (Å²) in [4.78, 5) is 28.8. The van der Waals surface area contributed by atoms with E-state index in [9.17, 15) is 14.0 Å². The van der Waals surface area contributed by atoms with Crippen molar-refractivity contribution in [2.75, 3.05) is 38.0 Å². The predicted molar refractivity (Wildman–Crippen MR) is 113 cm³/mol. The van der Waals surface area contributed by atoms with Crippen LogP contribution in [0, 0.1) is 5.82 Å². The molecule has 1 aliphatic rings. The van der Waals surface area contributed by atoms with Gasteiger partial charge in [-0.2, -0.15) is 0 Å². The largest absolute Gasteiger partial charge is 0.336 e. The lowest BCUT2D eigenvalue weighted by atomic mass is 10.1. The number of hydrogen-bond donors (Lipinski definition) is 1. The zero-order chi connectivity index (χ0) is 20.9. The number of benzene rings is 2. The van der Waals surface area contributed by atoms with Gasteiger partial charge in [-0.05, 0) is 60.7 Å². The van der Waals surface area contributed by atoms with Crippen LogP contribution in [-0.4, -0.2) is 58.9 Å². The Morgan fingerprint density at radius 3 is 2.13 bits per heavy atom. The number of carbonyl (C=O) groups excluding carboxylic acids is 2. The quantitative estimate of drug-likeness (QED) is 0.709. The van der Waals surface area contributed by atoms with Gasteiger partial charge in [0.15, 0.2) is 0 Å². The van der Waals surface area contributed by atoms with Gasteiger partial charge in [-0.3, -0.25) is 14.5 Å². The van der Waals surface area contributed by atoms with Crippen LogP contribution in [0.3, 0.4) is 0 Å². The summed E-state index contributed by atoms with van der Waals surface area (Å²) in [6, 6.07) is 17.2. The van der Waals surface area contributed by atoms with Gasteiger partial charge < -0.3 is 14.8 Å². The number of piperazine rings is 1. The summed E-state index contributed by atoms with van der Waals surface area (Å²) in [5.74, 6) is -0.486. The van der Waals surface area contributed by atoms with Gasteiger partial charge in [0.1, 0.15) is 5.82 Å². The summed E-state index contributed by atoms with van der Waals surface area (Å²) in [6.07, 6.45) is 3.92. The molecule has 1 aliphatic heterocycles. The maximum absolute atomic E-state index is 13.0. The van der Waals surface area contributed by atoms with E-state index >= 15 is 0 Å². The van der Waals surface area contributed by atoms with E-state index in [1.165, 1.54) is 24.3 Å². The molecular formula is C23H23FN4O2. The highest BCUT2D eigenvalue weighted by atomic mass is 19.1. The number of anilines is 1. The van der Waals surface area contributed by atoms with Gasteiger partial charge in [0.2, 0.25) is 5.91 Å². The molecule has 1 saturated heterocycles. The van der Waals surface area contributed by atoms with E-state index in [-0.39, 0.29) is 24.2 Å². The van der Waals surface area contributed by atoms with Crippen LogP contribution < -0.4 is 5.32 Å². The maximum Gasteiger partial charge on any atom is 0.253 e. The van der Waals surface area contributed by atoms with E-state index in [2.05, 4.69) is 5.32 Å². The van der Waals surface area contributed by atoms with E-state index in [1.807, 2.05) is 63.2 Å². The summed E-state index contributed by atoms with van der Waals surface area (Å²) in [7, 11) is 0. The standard InChI is InChI=1S/C23H23FN4O2/c24-19-5-7-20(8-6-19)25-22(29)17-26-13-15-28(16-14-26)23(30)18-3-9-21(10-4-18)27-11-1-2-12-27/h1-12H,13-17H2,(H,25,29). The van der Waals surface area contributed by atoms with Crippen LogP contribution in [0.15, 0.2) is 73.1 Å². The number of nitrogens with zero attached hydrogens (tertiary/aromatic N) is 3. The van der Waals surface area contributed by atoms with E-state index in [0.29, 0.717) is 37.4 Å². The zero-order valence-electron chi connectivity index (χ0n) is 16.5. The molecule has 1 aromatic heterocycles. The van der Waals surface area contributed by atoms with Gasteiger partial charge in [-0.1, -0.05) is 0 Å². The summed E-state index contributed by atoms with van der Waals surface area (Å²) in [6.45, 7) is 2.64. The summed E-state index contributed by atoms with van der Waals surface area (Å²) < 4.78 is 14.9. The van der Waals surface area contributed by atoms with Crippen LogP contribution in [0.1, 0.15) is 10.4 Å². The Hall–Kier alpha value is -3.45. The number of hydrogen-bond acceptors (Lipinski definition) is 3. The van der Waals surface area contributed by atoms with Crippen molar-refractivity contribution in [3.63, 3.8) is 0 Å². The molecule has 6 nitrogen and oxygen atoms in total. The normalized spacial score (nSPS) is 14.5. The molecule has 0 unspecified atom stereocenters. The van der Waals surface area contributed by atoms with Crippen molar-refractivity contribution in [3.05, 3.63) is 84.4 Å². The lowest BCUT2D eigenvalue weighted by Gasteiger charge is -2.34. The molecule has 3 aromatic rings. The first-order chi connectivity index (χ1) is 14.6. The fourth-order valence-corrected chi connectivity index (χ4v) is 3.51. The Kier molecular flexibility index (Phi) is 5.90. The first-order valence-electron chi connectivity index (χ1n) is 9.89. The van der Waals surface area contributed by atoms with Gasteiger partial charge in [0.05, 0.1) is 6.54 Å². The Bertz CT molecular complexity index is 993. The average Bonchev–Trinajstić information content (AvgIpc) is 3.30. The molecule has 0 bridgehead atoms. The number of rotatable bonds is 5. The second kappa shape index (κ2) is 8.92. The van der Waals surface area contributed by atoms with E-state index in [1.54, 1.807) is 0 Å². The van der Waals surface area contributed by atoms with Gasteiger partial charge >= 0.3 is 0 Å². The summed E-state index contributed by atoms with van der Waals surface area (Å²) in [5.41, 5.74) is 2.24. The second-order valence-electron chi connectivity index (χ2n) is 7.26. The maximum atomic E-state index is 13.0. The van der Waals surface area contributed by atoms with Crippen LogP contribution in [0.5, 0.6) is 0 Å².